The fraction of sp³-hybridized carbons (Fsp3) is 1.00. The second kappa shape index (κ2) is 78.6. The quantitative estimate of drug-likeness (QED) is 0.369. The molecule has 0 aliphatic rings. The standard InChI is InChI=1S/C12H27N.11H2O/c1-4-7-10-13(11-8-5-2)12-9-6-3;;;;;;;;;;;/h4-12H2,1-3H3;11*1H2. The van der Waals surface area contributed by atoms with Crippen molar-refractivity contribution in [3.63, 3.8) is 0 Å². The number of hydrogen-bond acceptors (Lipinski definition) is 1. The highest BCUT2D eigenvalue weighted by Gasteiger charge is 2.01. The van der Waals surface area contributed by atoms with Crippen LogP contribution in [-0.4, -0.2) is 84.8 Å². The SMILES string of the molecule is CCCCN(CCCC)CCCC.O.O.O.O.O.O.O.O.O.O.O. The molecule has 168 valence electrons. The first kappa shape index (κ1) is 89.9. The van der Waals surface area contributed by atoms with E-state index in [2.05, 4.69) is 25.7 Å². The van der Waals surface area contributed by atoms with Gasteiger partial charge in [0, 0.05) is 0 Å². The summed E-state index contributed by atoms with van der Waals surface area (Å²) in [5.74, 6) is 0. The molecule has 12 nitrogen and oxygen atoms in total. The Labute approximate surface area is 145 Å². The summed E-state index contributed by atoms with van der Waals surface area (Å²) in [6.45, 7) is 10.8. The van der Waals surface area contributed by atoms with Crippen molar-refractivity contribution in [3.8, 4) is 0 Å². The minimum absolute atomic E-state index is 0. The van der Waals surface area contributed by atoms with Crippen LogP contribution in [0.3, 0.4) is 0 Å². The van der Waals surface area contributed by atoms with Crippen LogP contribution >= 0.6 is 0 Å². The third kappa shape index (κ3) is 68.3. The van der Waals surface area contributed by atoms with E-state index in [-0.39, 0.29) is 60.2 Å². The van der Waals surface area contributed by atoms with Gasteiger partial charge in [0.2, 0.25) is 0 Å². The van der Waals surface area contributed by atoms with Crippen LogP contribution in [0.25, 0.3) is 0 Å². The maximum Gasteiger partial charge on any atom is -0.00188 e. The lowest BCUT2D eigenvalue weighted by molar-refractivity contribution is 0.261. The summed E-state index contributed by atoms with van der Waals surface area (Å²) in [6.07, 6.45) is 8.09. The average molecular weight is 384 g/mol. The summed E-state index contributed by atoms with van der Waals surface area (Å²) < 4.78 is 0. The summed E-state index contributed by atoms with van der Waals surface area (Å²) in [7, 11) is 0. The molecule has 0 radical (unpaired) electrons. The maximum atomic E-state index is 2.64. The van der Waals surface area contributed by atoms with E-state index >= 15 is 0 Å². The Morgan fingerprint density at radius 3 is 0.667 bits per heavy atom. The zero-order valence-electron chi connectivity index (χ0n) is 15.3. The summed E-state index contributed by atoms with van der Waals surface area (Å²) in [5, 5.41) is 0. The Balaban J connectivity index is -0.0000000131. The molecule has 22 N–H and O–H groups in total. The van der Waals surface area contributed by atoms with E-state index in [1.807, 2.05) is 0 Å². The Morgan fingerprint density at radius 2 is 0.542 bits per heavy atom. The van der Waals surface area contributed by atoms with Crippen molar-refractivity contribution >= 4 is 0 Å². The van der Waals surface area contributed by atoms with E-state index in [0.29, 0.717) is 0 Å². The molecule has 12 heteroatoms. The van der Waals surface area contributed by atoms with Gasteiger partial charge in [-0.2, -0.15) is 0 Å². The Bertz CT molecular complexity index is 96.0. The van der Waals surface area contributed by atoms with E-state index in [1.54, 1.807) is 0 Å². The predicted molar refractivity (Wildman–Crippen MR) is 101 cm³/mol. The summed E-state index contributed by atoms with van der Waals surface area (Å²) in [5.41, 5.74) is 0. The van der Waals surface area contributed by atoms with Crippen molar-refractivity contribution in [3.05, 3.63) is 0 Å². The molecule has 0 spiro atoms. The van der Waals surface area contributed by atoms with E-state index in [9.17, 15) is 0 Å². The predicted octanol–water partition coefficient (Wildman–Crippen LogP) is -5.38. The minimum atomic E-state index is 0. The van der Waals surface area contributed by atoms with Crippen LogP contribution in [0, 0.1) is 0 Å². The second-order valence-electron chi connectivity index (χ2n) is 3.90. The first-order valence-electron chi connectivity index (χ1n) is 6.07. The van der Waals surface area contributed by atoms with Gasteiger partial charge >= 0.3 is 0 Å². The van der Waals surface area contributed by atoms with Gasteiger partial charge in [-0.05, 0) is 38.9 Å². The molecule has 0 amide bonds. The molecule has 0 aromatic heterocycles. The van der Waals surface area contributed by atoms with Gasteiger partial charge in [-0.25, -0.2) is 0 Å². The monoisotopic (exact) mass is 383 g/mol. The molecule has 0 fully saturated rings. The number of hydrogen-bond donors (Lipinski definition) is 0. The molecule has 24 heavy (non-hydrogen) atoms. The molecule has 0 aliphatic heterocycles. The minimum Gasteiger partial charge on any atom is -0.412 e. The maximum absolute atomic E-state index is 2.64. The molecule has 0 bridgehead atoms. The topological polar surface area (TPSA) is 350 Å². The van der Waals surface area contributed by atoms with E-state index < -0.39 is 0 Å². The molecule has 0 aromatic rings. The largest absolute Gasteiger partial charge is 0.412 e. The fourth-order valence-electron chi connectivity index (χ4n) is 1.48. The van der Waals surface area contributed by atoms with Crippen molar-refractivity contribution < 1.29 is 60.2 Å². The van der Waals surface area contributed by atoms with Crippen LogP contribution in [0.5, 0.6) is 0 Å². The zero-order valence-corrected chi connectivity index (χ0v) is 15.3. The molecule has 0 heterocycles. The third-order valence-electron chi connectivity index (χ3n) is 2.48. The number of unbranched alkanes of at least 4 members (excludes halogenated alkanes) is 3. The molecule has 0 saturated carbocycles. The van der Waals surface area contributed by atoms with Gasteiger partial charge in [-0.1, -0.05) is 40.0 Å². The lowest BCUT2D eigenvalue weighted by Gasteiger charge is -2.21. The van der Waals surface area contributed by atoms with Crippen molar-refractivity contribution in [1.82, 2.24) is 4.90 Å². The first-order valence-corrected chi connectivity index (χ1v) is 6.07. The molecular weight excluding hydrogens is 334 g/mol. The van der Waals surface area contributed by atoms with Gasteiger partial charge in [0.15, 0.2) is 0 Å². The van der Waals surface area contributed by atoms with Crippen LogP contribution in [0.4, 0.5) is 0 Å². The molecular formula is C12H49NO11. The average Bonchev–Trinajstić information content (AvgIpc) is 2.17. The Morgan fingerprint density at radius 1 is 0.375 bits per heavy atom. The van der Waals surface area contributed by atoms with Gasteiger partial charge in [-0.15, -0.1) is 0 Å². The highest BCUT2D eigenvalue weighted by atomic mass is 16.0. The lowest BCUT2D eigenvalue weighted by Crippen LogP contribution is -2.27. The van der Waals surface area contributed by atoms with Crippen molar-refractivity contribution in [2.24, 2.45) is 0 Å². The highest BCUT2D eigenvalue weighted by molar-refractivity contribution is 4.57. The van der Waals surface area contributed by atoms with Crippen LogP contribution in [0.1, 0.15) is 59.3 Å². The van der Waals surface area contributed by atoms with Crippen LogP contribution in [0.2, 0.25) is 0 Å². The van der Waals surface area contributed by atoms with E-state index in [0.717, 1.165) is 0 Å². The van der Waals surface area contributed by atoms with Crippen molar-refractivity contribution in [1.29, 1.82) is 0 Å². The molecule has 0 saturated heterocycles. The molecule has 0 aliphatic carbocycles. The molecule has 0 unspecified atom stereocenters. The van der Waals surface area contributed by atoms with E-state index in [1.165, 1.54) is 58.2 Å². The van der Waals surface area contributed by atoms with Crippen molar-refractivity contribution in [2.75, 3.05) is 19.6 Å². The zero-order chi connectivity index (χ0) is 9.94. The summed E-state index contributed by atoms with van der Waals surface area (Å²) in [4.78, 5) is 2.64. The van der Waals surface area contributed by atoms with Crippen LogP contribution in [0.15, 0.2) is 0 Å². The van der Waals surface area contributed by atoms with Crippen molar-refractivity contribution in [2.45, 2.75) is 59.3 Å². The van der Waals surface area contributed by atoms with Crippen LogP contribution < -0.4 is 0 Å². The highest BCUT2D eigenvalue weighted by Crippen LogP contribution is 2.01. The van der Waals surface area contributed by atoms with Gasteiger partial charge < -0.3 is 65.1 Å². The van der Waals surface area contributed by atoms with Gasteiger partial charge in [0.05, 0.1) is 0 Å². The smallest absolute Gasteiger partial charge is 0.00188 e. The second-order valence-corrected chi connectivity index (χ2v) is 3.90. The summed E-state index contributed by atoms with van der Waals surface area (Å²) in [6, 6.07) is 0. The molecule has 0 atom stereocenters. The normalized spacial score (nSPS) is 6.00. The van der Waals surface area contributed by atoms with E-state index in [4.69, 9.17) is 0 Å². The third-order valence-corrected chi connectivity index (χ3v) is 2.48. The van der Waals surface area contributed by atoms with Gasteiger partial charge in [0.1, 0.15) is 0 Å². The Hall–Kier alpha value is -0.480. The fourth-order valence-corrected chi connectivity index (χ4v) is 1.48. The molecule has 0 aromatic carbocycles. The van der Waals surface area contributed by atoms with Gasteiger partial charge in [0.25, 0.3) is 0 Å². The number of rotatable bonds is 9. The molecule has 0 rings (SSSR count). The van der Waals surface area contributed by atoms with Crippen LogP contribution in [-0.2, 0) is 0 Å². The first-order chi connectivity index (χ1) is 6.35. The lowest BCUT2D eigenvalue weighted by atomic mass is 10.2. The van der Waals surface area contributed by atoms with Gasteiger partial charge in [-0.3, -0.25) is 0 Å². The number of nitrogens with zero attached hydrogens (tertiary/aromatic N) is 1. The Kier molecular flexibility index (Phi) is 294. The summed E-state index contributed by atoms with van der Waals surface area (Å²) >= 11 is 0.